The van der Waals surface area contributed by atoms with E-state index in [4.69, 9.17) is 0 Å². The average Bonchev–Trinajstić information content (AvgIpc) is 3.46. The fourth-order valence-electron chi connectivity index (χ4n) is 7.07. The molecule has 0 aromatic carbocycles. The summed E-state index contributed by atoms with van der Waals surface area (Å²) in [4.78, 5) is 11.5. The quantitative estimate of drug-likeness (QED) is 0.413. The monoisotopic (exact) mass is 470 g/mol. The predicted molar refractivity (Wildman–Crippen MR) is 133 cm³/mol. The van der Waals surface area contributed by atoms with Gasteiger partial charge in [0.2, 0.25) is 0 Å². The topological polar surface area (TPSA) is 98.0 Å². The molecule has 0 radical (unpaired) electrons. The van der Waals surface area contributed by atoms with E-state index in [0.717, 1.165) is 49.7 Å². The van der Waals surface area contributed by atoms with Gasteiger partial charge in [-0.05, 0) is 99.0 Å². The van der Waals surface area contributed by atoms with Crippen LogP contribution in [0.1, 0.15) is 78.6 Å². The van der Waals surface area contributed by atoms with Crippen LogP contribution in [0.15, 0.2) is 47.6 Å². The summed E-state index contributed by atoms with van der Waals surface area (Å²) in [6.07, 6.45) is 14.9. The van der Waals surface area contributed by atoms with Crippen molar-refractivity contribution in [3.8, 4) is 0 Å². The number of carboxylic acid groups (broad SMARTS) is 1. The lowest BCUT2D eigenvalue weighted by Crippen LogP contribution is -2.38. The van der Waals surface area contributed by atoms with Crippen LogP contribution in [-0.2, 0) is 4.79 Å². The van der Waals surface area contributed by atoms with Gasteiger partial charge in [-0.15, -0.1) is 0 Å². The molecule has 34 heavy (non-hydrogen) atoms. The zero-order valence-corrected chi connectivity index (χ0v) is 21.0. The molecular formula is C29H42O5. The van der Waals surface area contributed by atoms with E-state index in [0.29, 0.717) is 24.7 Å². The molecule has 0 aromatic rings. The summed E-state index contributed by atoms with van der Waals surface area (Å²) in [5.41, 5.74) is 2.23. The number of hydrogen-bond acceptors (Lipinski definition) is 4. The number of carboxylic acids is 1. The molecule has 0 spiro atoms. The van der Waals surface area contributed by atoms with Crippen molar-refractivity contribution in [2.45, 2.75) is 96.9 Å². The first-order valence-electron chi connectivity index (χ1n) is 13.0. The minimum Gasteiger partial charge on any atom is -0.481 e. The van der Waals surface area contributed by atoms with Crippen LogP contribution in [0.4, 0.5) is 0 Å². The summed E-state index contributed by atoms with van der Waals surface area (Å²) in [6.45, 7) is 9.63. The molecule has 5 heteroatoms. The normalized spacial score (nSPS) is 38.9. The lowest BCUT2D eigenvalue weighted by Gasteiger charge is -2.45. The van der Waals surface area contributed by atoms with Gasteiger partial charge in [0.25, 0.3) is 0 Å². The van der Waals surface area contributed by atoms with E-state index in [2.05, 4.69) is 31.7 Å². The zero-order chi connectivity index (χ0) is 24.9. The second-order valence-electron chi connectivity index (χ2n) is 12.2. The number of rotatable bonds is 6. The molecule has 4 N–H and O–H groups in total. The van der Waals surface area contributed by atoms with Gasteiger partial charge in [0.05, 0.1) is 23.7 Å². The van der Waals surface area contributed by atoms with Gasteiger partial charge in [0, 0.05) is 6.42 Å². The molecule has 4 aliphatic carbocycles. The number of carbonyl (C=O) groups is 1. The van der Waals surface area contributed by atoms with Crippen molar-refractivity contribution in [1.29, 1.82) is 0 Å². The molecule has 5 nitrogen and oxygen atoms in total. The average molecular weight is 471 g/mol. The van der Waals surface area contributed by atoms with Crippen LogP contribution < -0.4 is 0 Å². The Morgan fingerprint density at radius 2 is 1.88 bits per heavy atom. The van der Waals surface area contributed by atoms with E-state index in [1.54, 1.807) is 19.9 Å². The third-order valence-corrected chi connectivity index (χ3v) is 9.65. The van der Waals surface area contributed by atoms with Gasteiger partial charge in [-0.3, -0.25) is 4.79 Å². The van der Waals surface area contributed by atoms with E-state index < -0.39 is 29.7 Å². The second kappa shape index (κ2) is 9.07. The van der Waals surface area contributed by atoms with E-state index in [9.17, 15) is 25.2 Å². The Morgan fingerprint density at radius 3 is 2.53 bits per heavy atom. The standard InChI is InChI=1S/C29H42O5/c1-18-20(16-21(30)17-23(18)31)8-7-19-6-5-12-28(4)22(19)9-10-24(28)29(14-15-29)13-11-25(32)27(2,3)26(33)34/h7-8,11,13,21-25,30-32H,1,5-6,9-10,12,14-17H2,2-4H3,(H,33,34)/t21-,22+,23+,24+,25+,28+/m1/s1. The van der Waals surface area contributed by atoms with E-state index in [1.807, 2.05) is 0 Å². The Hall–Kier alpha value is -1.69. The first-order valence-corrected chi connectivity index (χ1v) is 13.0. The molecular weight excluding hydrogens is 428 g/mol. The first-order chi connectivity index (χ1) is 15.9. The summed E-state index contributed by atoms with van der Waals surface area (Å²) in [7, 11) is 0. The molecule has 4 saturated carbocycles. The van der Waals surface area contributed by atoms with Crippen molar-refractivity contribution < 1.29 is 25.2 Å². The number of aliphatic hydroxyl groups is 3. The molecule has 0 aromatic heterocycles. The van der Waals surface area contributed by atoms with Gasteiger partial charge in [-0.25, -0.2) is 0 Å². The smallest absolute Gasteiger partial charge is 0.312 e. The minimum absolute atomic E-state index is 0.0753. The number of fused-ring (bicyclic) bond motifs is 1. The van der Waals surface area contributed by atoms with Crippen molar-refractivity contribution in [2.24, 2.45) is 28.1 Å². The van der Waals surface area contributed by atoms with E-state index >= 15 is 0 Å². The number of aliphatic hydroxyl groups excluding tert-OH is 3. The van der Waals surface area contributed by atoms with Crippen LogP contribution in [-0.4, -0.2) is 44.7 Å². The fourth-order valence-corrected chi connectivity index (χ4v) is 7.07. The predicted octanol–water partition coefficient (Wildman–Crippen LogP) is 4.94. The maximum Gasteiger partial charge on any atom is 0.312 e. The Bertz CT molecular complexity index is 921. The van der Waals surface area contributed by atoms with Gasteiger partial charge in [-0.2, -0.15) is 0 Å². The number of allylic oxidation sites excluding steroid dienone is 4. The first kappa shape index (κ1) is 25.4. The van der Waals surface area contributed by atoms with Crippen molar-refractivity contribution in [3.63, 3.8) is 0 Å². The van der Waals surface area contributed by atoms with Crippen molar-refractivity contribution >= 4 is 5.97 Å². The van der Waals surface area contributed by atoms with Crippen LogP contribution in [0, 0.1) is 28.1 Å². The maximum atomic E-state index is 11.5. The molecule has 0 saturated heterocycles. The molecule has 0 amide bonds. The van der Waals surface area contributed by atoms with Gasteiger partial charge in [-0.1, -0.05) is 43.4 Å². The SMILES string of the molecule is C=C1C(=CC=C2CCC[C@]3(C)[C@@H](C4(C=C[C@H](O)C(C)(C)C(=O)O)CC4)CC[C@@H]23)C[C@@H](O)C[C@@H]1O. The van der Waals surface area contributed by atoms with Gasteiger partial charge in [0.15, 0.2) is 0 Å². The van der Waals surface area contributed by atoms with Crippen molar-refractivity contribution in [1.82, 2.24) is 0 Å². The van der Waals surface area contributed by atoms with Crippen LogP contribution in [0.5, 0.6) is 0 Å². The van der Waals surface area contributed by atoms with Gasteiger partial charge in [0.1, 0.15) is 0 Å². The molecule has 0 aliphatic heterocycles. The summed E-state index contributed by atoms with van der Waals surface area (Å²) >= 11 is 0. The third kappa shape index (κ3) is 4.47. The van der Waals surface area contributed by atoms with Crippen LogP contribution in [0.3, 0.4) is 0 Å². The lowest BCUT2D eigenvalue weighted by molar-refractivity contribution is -0.151. The molecule has 4 rings (SSSR count). The fraction of sp³-hybridized carbons (Fsp3) is 0.690. The Kier molecular flexibility index (Phi) is 6.78. The highest BCUT2D eigenvalue weighted by atomic mass is 16.4. The molecule has 4 aliphatic rings. The van der Waals surface area contributed by atoms with Crippen LogP contribution in [0.25, 0.3) is 0 Å². The Morgan fingerprint density at radius 1 is 1.18 bits per heavy atom. The number of hydrogen-bond donors (Lipinski definition) is 4. The lowest BCUT2D eigenvalue weighted by atomic mass is 9.60. The highest BCUT2D eigenvalue weighted by Gasteiger charge is 2.60. The highest BCUT2D eigenvalue weighted by molar-refractivity contribution is 5.74. The molecule has 188 valence electrons. The van der Waals surface area contributed by atoms with E-state index in [-0.39, 0.29) is 10.8 Å². The molecule has 0 heterocycles. The largest absolute Gasteiger partial charge is 0.481 e. The Balaban J connectivity index is 1.53. The Labute approximate surface area is 204 Å². The zero-order valence-electron chi connectivity index (χ0n) is 21.0. The van der Waals surface area contributed by atoms with Crippen molar-refractivity contribution in [2.75, 3.05) is 0 Å². The molecule has 6 atom stereocenters. The van der Waals surface area contributed by atoms with Crippen LogP contribution >= 0.6 is 0 Å². The van der Waals surface area contributed by atoms with E-state index in [1.165, 1.54) is 12.0 Å². The minimum atomic E-state index is -1.20. The summed E-state index contributed by atoms with van der Waals surface area (Å²) < 4.78 is 0. The molecule has 0 unspecified atom stereocenters. The molecule has 0 bridgehead atoms. The number of aliphatic carboxylic acids is 1. The summed E-state index contributed by atoms with van der Waals surface area (Å²) in [5, 5.41) is 40.2. The maximum absolute atomic E-state index is 11.5. The summed E-state index contributed by atoms with van der Waals surface area (Å²) in [6, 6.07) is 0. The third-order valence-electron chi connectivity index (χ3n) is 9.65. The highest BCUT2D eigenvalue weighted by Crippen LogP contribution is 2.69. The van der Waals surface area contributed by atoms with Crippen molar-refractivity contribution in [3.05, 3.63) is 47.6 Å². The van der Waals surface area contributed by atoms with Crippen LogP contribution in [0.2, 0.25) is 0 Å². The molecule has 4 fully saturated rings. The van der Waals surface area contributed by atoms with Gasteiger partial charge < -0.3 is 20.4 Å². The second-order valence-corrected chi connectivity index (χ2v) is 12.2. The van der Waals surface area contributed by atoms with Gasteiger partial charge >= 0.3 is 5.97 Å². The summed E-state index contributed by atoms with van der Waals surface area (Å²) in [5.74, 6) is 0.0614.